The van der Waals surface area contributed by atoms with Crippen molar-refractivity contribution >= 4 is 67.3 Å². The van der Waals surface area contributed by atoms with Crippen LogP contribution in [0.15, 0.2) is 69.1 Å². The molecule has 44 heavy (non-hydrogen) atoms. The van der Waals surface area contributed by atoms with Crippen molar-refractivity contribution in [3.05, 3.63) is 98.7 Å². The number of ether oxygens (including phenoxy) is 1. The third kappa shape index (κ3) is 5.02. The Bertz CT molecular complexity index is 2010. The fraction of sp³-hybridized carbons (Fsp3) is 0.167. The Balaban J connectivity index is 1.49. The van der Waals surface area contributed by atoms with Crippen molar-refractivity contribution in [1.29, 1.82) is 0 Å². The first-order valence-electron chi connectivity index (χ1n) is 13.1. The SMILES string of the molecule is COc1cc(C2/C(=C(\O)c3nc4c(C)cccn4c3C)C(=O)C(=O)N2c2nnc(SCc3ccccc3F)s2)cc(Br)c1O. The molecular formula is C30H23BrFN5O5S2. The van der Waals surface area contributed by atoms with E-state index < -0.39 is 23.5 Å². The number of phenolic OH excluding ortho intramolecular Hbond substituents is 1. The maximum Gasteiger partial charge on any atom is 0.301 e. The van der Waals surface area contributed by atoms with E-state index in [1.807, 2.05) is 19.1 Å². The third-order valence-electron chi connectivity index (χ3n) is 7.25. The summed E-state index contributed by atoms with van der Waals surface area (Å²) in [5, 5.41) is 30.7. The molecule has 0 saturated carbocycles. The van der Waals surface area contributed by atoms with Gasteiger partial charge in [-0.2, -0.15) is 0 Å². The van der Waals surface area contributed by atoms with E-state index in [4.69, 9.17) is 4.74 Å². The first-order valence-corrected chi connectivity index (χ1v) is 15.7. The molecule has 1 atom stereocenters. The van der Waals surface area contributed by atoms with Crippen LogP contribution in [0.2, 0.25) is 0 Å². The van der Waals surface area contributed by atoms with Crippen LogP contribution in [0.1, 0.15) is 34.1 Å². The minimum absolute atomic E-state index is 0.0814. The van der Waals surface area contributed by atoms with Gasteiger partial charge in [0.05, 0.1) is 28.9 Å². The molecule has 2 aromatic carbocycles. The Morgan fingerprint density at radius 2 is 1.93 bits per heavy atom. The van der Waals surface area contributed by atoms with E-state index in [9.17, 15) is 24.2 Å². The summed E-state index contributed by atoms with van der Waals surface area (Å²) in [5.41, 5.74) is 2.77. The number of halogens is 2. The van der Waals surface area contributed by atoms with Gasteiger partial charge in [0.15, 0.2) is 21.6 Å². The highest BCUT2D eigenvalue weighted by atomic mass is 79.9. The van der Waals surface area contributed by atoms with Crippen molar-refractivity contribution in [2.75, 3.05) is 12.0 Å². The minimum atomic E-state index is -1.18. The van der Waals surface area contributed by atoms with Gasteiger partial charge in [-0.15, -0.1) is 10.2 Å². The minimum Gasteiger partial charge on any atom is -0.505 e. The number of aromatic nitrogens is 4. The number of benzene rings is 2. The number of anilines is 1. The largest absolute Gasteiger partial charge is 0.505 e. The number of aliphatic hydroxyl groups excluding tert-OH is 1. The van der Waals surface area contributed by atoms with E-state index in [0.29, 0.717) is 26.8 Å². The molecule has 14 heteroatoms. The highest BCUT2D eigenvalue weighted by Gasteiger charge is 2.49. The van der Waals surface area contributed by atoms with Crippen LogP contribution in [-0.2, 0) is 15.3 Å². The number of amides is 1. The number of imidazole rings is 1. The van der Waals surface area contributed by atoms with E-state index >= 15 is 0 Å². The second-order valence-corrected chi connectivity index (χ2v) is 12.9. The van der Waals surface area contributed by atoms with Crippen LogP contribution >= 0.6 is 39.0 Å². The standard InChI is InChI=1S/C30H23BrFN5O5S2/c1-14-7-6-10-36-15(2)22(33-27(14)36)25(39)21-23(17-11-18(31)24(38)20(12-17)42-3)37(28(41)26(21)40)29-34-35-30(44-29)43-13-16-8-4-5-9-19(16)32/h4-12,23,38-39H,13H2,1-3H3/b25-21+. The molecule has 1 fully saturated rings. The number of hydrogen-bond donors (Lipinski definition) is 2. The van der Waals surface area contributed by atoms with Gasteiger partial charge >= 0.3 is 5.91 Å². The number of thioether (sulfide) groups is 1. The van der Waals surface area contributed by atoms with Crippen molar-refractivity contribution in [2.24, 2.45) is 0 Å². The van der Waals surface area contributed by atoms with Gasteiger partial charge in [-0.3, -0.25) is 14.5 Å². The van der Waals surface area contributed by atoms with Crippen LogP contribution in [0.3, 0.4) is 0 Å². The zero-order valence-corrected chi connectivity index (χ0v) is 26.6. The molecule has 4 heterocycles. The molecule has 0 aliphatic carbocycles. The predicted molar refractivity (Wildman–Crippen MR) is 168 cm³/mol. The molecule has 10 nitrogen and oxygen atoms in total. The number of nitrogens with zero attached hydrogens (tertiary/aromatic N) is 5. The number of pyridine rings is 1. The number of hydrogen-bond acceptors (Lipinski definition) is 10. The number of aryl methyl sites for hydroxylation is 2. The van der Waals surface area contributed by atoms with Gasteiger partial charge in [-0.1, -0.05) is 47.4 Å². The van der Waals surface area contributed by atoms with Crippen LogP contribution in [0, 0.1) is 19.7 Å². The molecule has 1 saturated heterocycles. The van der Waals surface area contributed by atoms with Crippen LogP contribution in [0.25, 0.3) is 11.4 Å². The number of aromatic hydroxyl groups is 1. The Morgan fingerprint density at radius 1 is 1.16 bits per heavy atom. The Hall–Kier alpha value is -4.27. The molecule has 6 rings (SSSR count). The lowest BCUT2D eigenvalue weighted by Crippen LogP contribution is -2.29. The molecule has 0 radical (unpaired) electrons. The van der Waals surface area contributed by atoms with E-state index in [1.54, 1.807) is 35.7 Å². The van der Waals surface area contributed by atoms with Gasteiger partial charge in [-0.05, 0) is 70.7 Å². The number of rotatable bonds is 7. The Labute approximate surface area is 267 Å². The van der Waals surface area contributed by atoms with E-state index in [-0.39, 0.29) is 43.9 Å². The highest BCUT2D eigenvalue weighted by Crippen LogP contribution is 2.47. The van der Waals surface area contributed by atoms with Gasteiger partial charge in [0.1, 0.15) is 17.2 Å². The van der Waals surface area contributed by atoms with Gasteiger partial charge in [0.2, 0.25) is 5.13 Å². The third-order valence-corrected chi connectivity index (χ3v) is 9.96. The maximum atomic E-state index is 14.2. The normalized spacial score (nSPS) is 16.3. The predicted octanol–water partition coefficient (Wildman–Crippen LogP) is 6.34. The molecule has 3 aromatic heterocycles. The van der Waals surface area contributed by atoms with Gasteiger partial charge in [0.25, 0.3) is 5.78 Å². The van der Waals surface area contributed by atoms with Crippen LogP contribution < -0.4 is 9.64 Å². The monoisotopic (exact) mass is 695 g/mol. The second kappa shape index (κ2) is 11.7. The van der Waals surface area contributed by atoms with Gasteiger partial charge in [0, 0.05) is 11.9 Å². The summed E-state index contributed by atoms with van der Waals surface area (Å²) in [5.74, 6) is -2.50. The summed E-state index contributed by atoms with van der Waals surface area (Å²) in [6, 6.07) is 11.9. The van der Waals surface area contributed by atoms with Gasteiger partial charge < -0.3 is 19.4 Å². The van der Waals surface area contributed by atoms with Gasteiger partial charge in [-0.25, -0.2) is 9.37 Å². The molecule has 1 aliphatic rings. The topological polar surface area (TPSA) is 130 Å². The summed E-state index contributed by atoms with van der Waals surface area (Å²) in [6.07, 6.45) is 1.79. The fourth-order valence-corrected chi connectivity index (χ4v) is 7.35. The lowest BCUT2D eigenvalue weighted by Gasteiger charge is -2.23. The molecular weight excluding hydrogens is 673 g/mol. The molecule has 1 aliphatic heterocycles. The number of methoxy groups -OCH3 is 1. The highest BCUT2D eigenvalue weighted by molar-refractivity contribution is 9.10. The quantitative estimate of drug-likeness (QED) is 0.0659. The maximum absolute atomic E-state index is 14.2. The molecule has 224 valence electrons. The summed E-state index contributed by atoms with van der Waals surface area (Å²) in [6.45, 7) is 3.63. The second-order valence-electron chi connectivity index (χ2n) is 9.88. The van der Waals surface area contributed by atoms with Crippen molar-refractivity contribution in [1.82, 2.24) is 19.6 Å². The van der Waals surface area contributed by atoms with Crippen molar-refractivity contribution in [2.45, 2.75) is 30.0 Å². The fourth-order valence-electron chi connectivity index (χ4n) is 5.04. The van der Waals surface area contributed by atoms with Crippen LogP contribution in [-0.4, -0.2) is 48.6 Å². The molecule has 1 unspecified atom stereocenters. The lowest BCUT2D eigenvalue weighted by molar-refractivity contribution is -0.132. The van der Waals surface area contributed by atoms with Crippen molar-refractivity contribution < 1.29 is 28.9 Å². The summed E-state index contributed by atoms with van der Waals surface area (Å²) < 4.78 is 22.0. The first kappa shape index (κ1) is 29.8. The zero-order chi connectivity index (χ0) is 31.3. The smallest absolute Gasteiger partial charge is 0.301 e. The number of carbonyl (C=O) groups excluding carboxylic acids is 2. The molecule has 0 bridgehead atoms. The zero-order valence-electron chi connectivity index (χ0n) is 23.4. The number of phenols is 1. The van der Waals surface area contributed by atoms with Crippen LogP contribution in [0.5, 0.6) is 11.5 Å². The Morgan fingerprint density at radius 3 is 2.66 bits per heavy atom. The number of aliphatic hydroxyl groups is 1. The average molecular weight is 697 g/mol. The molecule has 1 amide bonds. The van der Waals surface area contributed by atoms with E-state index in [0.717, 1.165) is 21.8 Å². The van der Waals surface area contributed by atoms with E-state index in [2.05, 4.69) is 31.1 Å². The molecule has 2 N–H and O–H groups in total. The summed E-state index contributed by atoms with van der Waals surface area (Å²) in [4.78, 5) is 33.2. The Kier molecular flexibility index (Phi) is 7.90. The first-order chi connectivity index (χ1) is 21.1. The number of Topliss-reactive ketones (excluding diaryl/α,β-unsaturated/α-hetero) is 1. The van der Waals surface area contributed by atoms with Crippen molar-refractivity contribution in [3.63, 3.8) is 0 Å². The van der Waals surface area contributed by atoms with Crippen LogP contribution in [0.4, 0.5) is 9.52 Å². The average Bonchev–Trinajstić information content (AvgIpc) is 3.69. The van der Waals surface area contributed by atoms with Crippen molar-refractivity contribution in [3.8, 4) is 11.5 Å². The lowest BCUT2D eigenvalue weighted by atomic mass is 9.96. The van der Waals surface area contributed by atoms with E-state index in [1.165, 1.54) is 37.1 Å². The molecule has 0 spiro atoms. The number of ketones is 1. The summed E-state index contributed by atoms with van der Waals surface area (Å²) >= 11 is 5.60. The number of carbonyl (C=O) groups is 2. The molecule has 5 aromatic rings. The number of fused-ring (bicyclic) bond motifs is 1. The summed E-state index contributed by atoms with van der Waals surface area (Å²) in [7, 11) is 1.37.